The van der Waals surface area contributed by atoms with Crippen molar-refractivity contribution in [2.24, 2.45) is 0 Å². The molecule has 51 heavy (non-hydrogen) atoms. The van der Waals surface area contributed by atoms with Gasteiger partial charge in [-0.15, -0.1) is 28.7 Å². The van der Waals surface area contributed by atoms with Gasteiger partial charge >= 0.3 is 57.4 Å². The number of allylic oxidation sites excluding steroid dienone is 2. The van der Waals surface area contributed by atoms with Gasteiger partial charge in [-0.1, -0.05) is 105 Å². The first-order valence-electron chi connectivity index (χ1n) is 17.4. The van der Waals surface area contributed by atoms with Crippen LogP contribution in [0.5, 0.6) is 0 Å². The van der Waals surface area contributed by atoms with E-state index in [0.717, 1.165) is 47.1 Å². The van der Waals surface area contributed by atoms with Crippen molar-refractivity contribution >= 4 is 73.0 Å². The second-order valence-corrected chi connectivity index (χ2v) is 15.8. The summed E-state index contributed by atoms with van der Waals surface area (Å²) < 4.78 is 12.8. The summed E-state index contributed by atoms with van der Waals surface area (Å²) in [6.07, 6.45) is 13.8. The number of ether oxygens (including phenoxy) is 2. The Morgan fingerprint density at radius 1 is 0.882 bits per heavy atom. The molecule has 0 saturated carbocycles. The van der Waals surface area contributed by atoms with Gasteiger partial charge < -0.3 is 14.6 Å². The van der Waals surface area contributed by atoms with Gasteiger partial charge in [-0.3, -0.25) is 4.79 Å². The summed E-state index contributed by atoms with van der Waals surface area (Å²) in [7, 11) is 0. The Hall–Kier alpha value is -1.75. The van der Waals surface area contributed by atoms with E-state index < -0.39 is 5.60 Å². The minimum absolute atomic E-state index is 0. The molecule has 0 atom stereocenters. The van der Waals surface area contributed by atoms with Crippen molar-refractivity contribution in [2.75, 3.05) is 25.6 Å². The van der Waals surface area contributed by atoms with Gasteiger partial charge in [0.05, 0.1) is 13.0 Å². The second kappa shape index (κ2) is 20.6. The average molecular weight is 766 g/mol. The maximum Gasteiger partial charge on any atom is 1.00 e. The fraction of sp³-hybridized carbons (Fsp3) is 0.326. The van der Waals surface area contributed by atoms with Crippen LogP contribution in [-0.2, 0) is 27.1 Å². The largest absolute Gasteiger partial charge is 1.00 e. The van der Waals surface area contributed by atoms with Gasteiger partial charge in [0.25, 0.3) is 0 Å². The normalized spacial score (nSPS) is 13.6. The number of hydrogen-bond donors (Lipinski definition) is 0. The number of thioether (sulfide) groups is 1. The number of rotatable bonds is 6. The molecule has 0 radical (unpaired) electrons. The van der Waals surface area contributed by atoms with E-state index in [1.54, 1.807) is 32.5 Å². The molecule has 5 aromatic rings. The molecule has 262 valence electrons. The molecule has 1 aromatic heterocycles. The summed E-state index contributed by atoms with van der Waals surface area (Å²) in [5.74, 6) is 0.547. The molecule has 8 heteroatoms. The van der Waals surface area contributed by atoms with Crippen LogP contribution in [0.4, 0.5) is 0 Å². The first-order chi connectivity index (χ1) is 24.1. The van der Waals surface area contributed by atoms with Gasteiger partial charge in [0.15, 0.2) is 0 Å². The summed E-state index contributed by atoms with van der Waals surface area (Å²) in [4.78, 5) is 12.7. The van der Waals surface area contributed by atoms with Crippen molar-refractivity contribution in [1.29, 1.82) is 0 Å². The van der Waals surface area contributed by atoms with Gasteiger partial charge in [-0.05, 0) is 84.7 Å². The first-order valence-corrected chi connectivity index (χ1v) is 19.6. The molecule has 3 aliphatic rings. The number of benzene rings is 4. The van der Waals surface area contributed by atoms with Gasteiger partial charge in [0.2, 0.25) is 0 Å². The molecule has 0 amide bonds. The summed E-state index contributed by atoms with van der Waals surface area (Å²) >= 11 is 10.1. The van der Waals surface area contributed by atoms with Crippen molar-refractivity contribution in [3.63, 3.8) is 0 Å². The number of halogens is 1. The van der Waals surface area contributed by atoms with Crippen LogP contribution in [0.3, 0.4) is 0 Å². The van der Waals surface area contributed by atoms with Gasteiger partial charge in [0, 0.05) is 54.6 Å². The van der Waals surface area contributed by atoms with Crippen LogP contribution in [0.15, 0.2) is 89.8 Å². The van der Waals surface area contributed by atoms with Gasteiger partial charge in [-0.25, -0.2) is 0 Å². The second-order valence-electron chi connectivity index (χ2n) is 13.1. The van der Waals surface area contributed by atoms with E-state index in [1.165, 1.54) is 55.3 Å². The molecule has 1 saturated heterocycles. The van der Waals surface area contributed by atoms with E-state index in [-0.39, 0.29) is 57.4 Å². The number of carbonyl (C=O) groups is 1. The van der Waals surface area contributed by atoms with Crippen LogP contribution in [0.1, 0.15) is 69.2 Å². The monoisotopic (exact) mass is 764 g/mol. The van der Waals surface area contributed by atoms with Gasteiger partial charge in [-0.2, -0.15) is 0 Å². The number of fused-ring (bicyclic) bond motifs is 6. The molecule has 4 aromatic carbocycles. The average Bonchev–Trinajstić information content (AvgIpc) is 3.92. The van der Waals surface area contributed by atoms with Crippen LogP contribution >= 0.6 is 34.7 Å². The minimum atomic E-state index is -0.750. The number of carbonyl (C=O) groups excluding carboxylic acids is 1. The minimum Gasteiger partial charge on any atom is -0.850 e. The maximum atomic E-state index is 11.5. The molecular weight excluding hydrogens is 719 g/mol. The molecule has 1 fully saturated rings. The first kappa shape index (κ1) is 42.0. The third-order valence-electron chi connectivity index (χ3n) is 8.08. The molecule has 2 heterocycles. The molecular formula is C43H46ClKO4S2. The number of hydrogen-bond acceptors (Lipinski definition) is 6. The maximum absolute atomic E-state index is 11.5. The van der Waals surface area contributed by atoms with Crippen molar-refractivity contribution < 1.29 is 70.8 Å². The number of esters is 1. The molecule has 8 rings (SSSR count). The summed E-state index contributed by atoms with van der Waals surface area (Å²) in [6, 6.07) is 25.5. The molecule has 0 N–H and O–H groups in total. The Bertz CT molecular complexity index is 1960. The van der Waals surface area contributed by atoms with Crippen molar-refractivity contribution in [1.82, 2.24) is 0 Å². The third kappa shape index (κ3) is 12.1. The zero-order chi connectivity index (χ0) is 35.5. The summed E-state index contributed by atoms with van der Waals surface area (Å²) in [5.41, 5.74) is 6.92. The van der Waals surface area contributed by atoms with Crippen LogP contribution in [0.2, 0.25) is 5.02 Å². The van der Waals surface area contributed by atoms with Crippen LogP contribution in [-0.4, -0.2) is 37.1 Å². The Balaban J connectivity index is 0.000000184. The van der Waals surface area contributed by atoms with Crippen LogP contribution < -0.4 is 56.5 Å². The fourth-order valence-electron chi connectivity index (χ4n) is 5.98. The third-order valence-corrected chi connectivity index (χ3v) is 10.6. The SMILES string of the molecule is C1=Cc2ccc3sc4ccccc4c3c2C1.C1CCOC1.CC(C)(C)[O-].CCOC(=O)CCSc1ccccc1-c1c(Cl)ccc2c1CC=C2.[K+]. The van der Waals surface area contributed by atoms with Crippen molar-refractivity contribution in [2.45, 2.75) is 70.3 Å². The van der Waals surface area contributed by atoms with Crippen LogP contribution in [0, 0.1) is 0 Å². The summed E-state index contributed by atoms with van der Waals surface area (Å²) in [5, 5.41) is 13.8. The Labute approximate surface area is 359 Å². The molecule has 4 nitrogen and oxygen atoms in total. The Kier molecular flexibility index (Phi) is 17.0. The molecule has 0 bridgehead atoms. The zero-order valence-electron chi connectivity index (χ0n) is 30.4. The Morgan fingerprint density at radius 2 is 1.51 bits per heavy atom. The molecule has 1 aliphatic heterocycles. The predicted molar refractivity (Wildman–Crippen MR) is 213 cm³/mol. The fourth-order valence-corrected chi connectivity index (χ4v) is 8.38. The topological polar surface area (TPSA) is 58.6 Å². The Morgan fingerprint density at radius 3 is 2.20 bits per heavy atom. The van der Waals surface area contributed by atoms with Crippen LogP contribution in [0.25, 0.3) is 43.5 Å². The summed E-state index contributed by atoms with van der Waals surface area (Å²) in [6.45, 7) is 9.15. The number of thiophene rings is 1. The smallest absolute Gasteiger partial charge is 0.850 e. The standard InChI is InChI=1S/C20H19ClO2S.C15H10S.C4H8O.C4H9O.K/c1-2-23-19(22)12-13-24-18-9-4-3-7-16(18)20-15-8-5-6-14(15)10-11-17(20)21;1-2-7-13-12(5-1)15-11-6-3-4-10(11)8-9-14(15)16-13;1-2-4-5-3-1;1-4(2,3)5;/h3-7,9-11H,2,8,12-13H2,1H3;1-5,7-9H,6H2;1-4H2;1-3H3;/q;;;-1;+1. The van der Waals surface area contributed by atoms with Crippen molar-refractivity contribution in [3.8, 4) is 11.1 Å². The van der Waals surface area contributed by atoms with E-state index >= 15 is 0 Å². The van der Waals surface area contributed by atoms with Gasteiger partial charge in [0.1, 0.15) is 0 Å². The molecule has 2 aliphatic carbocycles. The van der Waals surface area contributed by atoms with E-state index in [1.807, 2.05) is 36.5 Å². The van der Waals surface area contributed by atoms with Crippen molar-refractivity contribution in [3.05, 3.63) is 112 Å². The van der Waals surface area contributed by atoms with E-state index in [2.05, 4.69) is 78.9 Å². The van der Waals surface area contributed by atoms with E-state index in [0.29, 0.717) is 18.8 Å². The zero-order valence-corrected chi connectivity index (χ0v) is 35.9. The van der Waals surface area contributed by atoms with E-state index in [9.17, 15) is 9.90 Å². The predicted octanol–water partition coefficient (Wildman–Crippen LogP) is 8.19. The molecule has 0 spiro atoms. The van der Waals surface area contributed by atoms with E-state index in [4.69, 9.17) is 21.1 Å². The molecule has 0 unspecified atom stereocenters. The quantitative estimate of drug-likeness (QED) is 0.0992.